The summed E-state index contributed by atoms with van der Waals surface area (Å²) in [6.07, 6.45) is 3.32. The van der Waals surface area contributed by atoms with Gasteiger partial charge < -0.3 is 14.6 Å². The highest BCUT2D eigenvalue weighted by atomic mass is 79.9. The Morgan fingerprint density at radius 3 is 2.42 bits per heavy atom. The number of ether oxygens (including phenoxy) is 2. The highest BCUT2D eigenvalue weighted by Gasteiger charge is 2.16. The number of carbonyl (C=O) groups is 1. The van der Waals surface area contributed by atoms with Crippen LogP contribution in [0.25, 0.3) is 0 Å². The predicted molar refractivity (Wildman–Crippen MR) is 104 cm³/mol. The standard InChI is InChI=1S/C20H24BrNO4/c1-3-14-6-9-19(22-11-14)16(12-23)13-26-17-7-4-15(5-8-17)10-18(21)20(24)25-2/h4-9,11,16,18,23H,3,10,12-13H2,1-2H3. The van der Waals surface area contributed by atoms with Crippen LogP contribution in [0.3, 0.4) is 0 Å². The predicted octanol–water partition coefficient (Wildman–Crippen LogP) is 3.28. The van der Waals surface area contributed by atoms with Gasteiger partial charge in [-0.1, -0.05) is 41.1 Å². The molecule has 0 saturated carbocycles. The Morgan fingerprint density at radius 2 is 1.88 bits per heavy atom. The minimum Gasteiger partial charge on any atom is -0.493 e. The first kappa shape index (κ1) is 20.4. The fourth-order valence-corrected chi connectivity index (χ4v) is 3.02. The van der Waals surface area contributed by atoms with Gasteiger partial charge in [0.05, 0.1) is 26.2 Å². The van der Waals surface area contributed by atoms with E-state index in [2.05, 4.69) is 27.8 Å². The van der Waals surface area contributed by atoms with Crippen LogP contribution in [0.5, 0.6) is 5.75 Å². The molecule has 0 aliphatic carbocycles. The van der Waals surface area contributed by atoms with Crippen LogP contribution < -0.4 is 4.74 Å². The number of aromatic nitrogens is 1. The largest absolute Gasteiger partial charge is 0.493 e. The Hall–Kier alpha value is -1.92. The van der Waals surface area contributed by atoms with Crippen molar-refractivity contribution in [1.29, 1.82) is 0 Å². The first-order valence-electron chi connectivity index (χ1n) is 8.56. The van der Waals surface area contributed by atoms with Crippen molar-refractivity contribution in [2.45, 2.75) is 30.5 Å². The Kier molecular flexibility index (Phi) is 8.06. The van der Waals surface area contributed by atoms with Gasteiger partial charge in [-0.2, -0.15) is 0 Å². The Labute approximate surface area is 162 Å². The molecule has 0 fully saturated rings. The molecule has 2 aromatic rings. The quantitative estimate of drug-likeness (QED) is 0.496. The maximum Gasteiger partial charge on any atom is 0.319 e. The SMILES string of the molecule is CCc1ccc(C(CO)COc2ccc(CC(Br)C(=O)OC)cc2)nc1. The zero-order valence-corrected chi connectivity index (χ0v) is 16.6. The van der Waals surface area contributed by atoms with Gasteiger partial charge in [-0.25, -0.2) is 0 Å². The number of methoxy groups -OCH3 is 1. The minimum atomic E-state index is -0.366. The van der Waals surface area contributed by atoms with E-state index in [0.717, 1.165) is 17.7 Å². The van der Waals surface area contributed by atoms with E-state index in [9.17, 15) is 9.90 Å². The van der Waals surface area contributed by atoms with E-state index in [1.54, 1.807) is 0 Å². The molecule has 2 rings (SSSR count). The molecular formula is C20H24BrNO4. The van der Waals surface area contributed by atoms with Gasteiger partial charge in [-0.3, -0.25) is 9.78 Å². The summed E-state index contributed by atoms with van der Waals surface area (Å²) in [6.45, 7) is 2.40. The number of nitrogens with zero attached hydrogens (tertiary/aromatic N) is 1. The Morgan fingerprint density at radius 1 is 1.19 bits per heavy atom. The number of alkyl halides is 1. The summed E-state index contributed by atoms with van der Waals surface area (Å²) >= 11 is 3.31. The van der Waals surface area contributed by atoms with Crippen LogP contribution in [0.1, 0.15) is 29.7 Å². The molecule has 2 atom stereocenters. The molecule has 1 aromatic heterocycles. The zero-order valence-electron chi connectivity index (χ0n) is 15.0. The summed E-state index contributed by atoms with van der Waals surface area (Å²) in [5, 5.41) is 9.63. The molecule has 1 N–H and O–H groups in total. The van der Waals surface area contributed by atoms with Crippen LogP contribution in [0.4, 0.5) is 0 Å². The number of aryl methyl sites for hydroxylation is 1. The van der Waals surface area contributed by atoms with Crippen LogP contribution in [0.2, 0.25) is 0 Å². The lowest BCUT2D eigenvalue weighted by Crippen LogP contribution is -2.18. The molecule has 0 amide bonds. The normalized spacial score (nSPS) is 13.1. The smallest absolute Gasteiger partial charge is 0.319 e. The second kappa shape index (κ2) is 10.3. The second-order valence-corrected chi connectivity index (χ2v) is 7.08. The minimum absolute atomic E-state index is 0.0268. The lowest BCUT2D eigenvalue weighted by atomic mass is 10.1. The maximum atomic E-state index is 11.4. The van der Waals surface area contributed by atoms with Gasteiger partial charge in [0.1, 0.15) is 10.6 Å². The number of hydrogen-bond donors (Lipinski definition) is 1. The highest BCUT2D eigenvalue weighted by Crippen LogP contribution is 2.19. The van der Waals surface area contributed by atoms with Gasteiger partial charge in [-0.05, 0) is 42.2 Å². The van der Waals surface area contributed by atoms with Crippen LogP contribution >= 0.6 is 15.9 Å². The first-order valence-corrected chi connectivity index (χ1v) is 9.48. The number of carbonyl (C=O) groups excluding carboxylic acids is 1. The third-order valence-corrected chi connectivity index (χ3v) is 4.84. The van der Waals surface area contributed by atoms with Gasteiger partial charge >= 0.3 is 5.97 Å². The number of esters is 1. The monoisotopic (exact) mass is 421 g/mol. The van der Waals surface area contributed by atoms with Crippen molar-refractivity contribution < 1.29 is 19.4 Å². The van der Waals surface area contributed by atoms with E-state index in [1.807, 2.05) is 42.6 Å². The summed E-state index contributed by atoms with van der Waals surface area (Å²) in [5.41, 5.74) is 2.99. The number of aliphatic hydroxyl groups excluding tert-OH is 1. The molecule has 140 valence electrons. The van der Waals surface area contributed by atoms with Gasteiger partial charge in [-0.15, -0.1) is 0 Å². The number of benzene rings is 1. The van der Waals surface area contributed by atoms with Crippen LogP contribution in [0.15, 0.2) is 42.6 Å². The Bertz CT molecular complexity index is 688. The molecule has 2 unspecified atom stereocenters. The lowest BCUT2D eigenvalue weighted by Gasteiger charge is -2.15. The van der Waals surface area contributed by atoms with Crippen molar-refractivity contribution in [3.8, 4) is 5.75 Å². The fourth-order valence-electron chi connectivity index (χ4n) is 2.45. The van der Waals surface area contributed by atoms with Gasteiger partial charge in [0.15, 0.2) is 0 Å². The molecule has 1 aromatic carbocycles. The molecule has 0 saturated heterocycles. The summed E-state index contributed by atoms with van der Waals surface area (Å²) < 4.78 is 10.5. The summed E-state index contributed by atoms with van der Waals surface area (Å²) in [7, 11) is 1.37. The number of pyridine rings is 1. The average Bonchev–Trinajstić information content (AvgIpc) is 2.69. The Balaban J connectivity index is 1.92. The molecule has 0 radical (unpaired) electrons. The van der Waals surface area contributed by atoms with Gasteiger partial charge in [0.25, 0.3) is 0 Å². The number of hydrogen-bond acceptors (Lipinski definition) is 5. The van der Waals surface area contributed by atoms with E-state index in [4.69, 9.17) is 9.47 Å². The molecule has 0 bridgehead atoms. The summed E-state index contributed by atoms with van der Waals surface area (Å²) in [5.74, 6) is 0.242. The van der Waals surface area contributed by atoms with E-state index < -0.39 is 0 Å². The number of aliphatic hydroxyl groups is 1. The third-order valence-electron chi connectivity index (χ3n) is 4.14. The molecule has 1 heterocycles. The number of rotatable bonds is 9. The average molecular weight is 422 g/mol. The molecule has 26 heavy (non-hydrogen) atoms. The van der Waals surface area contributed by atoms with Crippen molar-refractivity contribution in [2.75, 3.05) is 20.3 Å². The topological polar surface area (TPSA) is 68.7 Å². The molecule has 0 spiro atoms. The van der Waals surface area contributed by atoms with Gasteiger partial charge in [0, 0.05) is 11.9 Å². The van der Waals surface area contributed by atoms with Crippen LogP contribution in [0, 0.1) is 0 Å². The molecule has 5 nitrogen and oxygen atoms in total. The molecular weight excluding hydrogens is 398 g/mol. The van der Waals surface area contributed by atoms with Crippen LogP contribution in [-0.2, 0) is 22.4 Å². The molecule has 0 aliphatic heterocycles. The highest BCUT2D eigenvalue weighted by molar-refractivity contribution is 9.10. The second-order valence-electron chi connectivity index (χ2n) is 5.97. The van der Waals surface area contributed by atoms with E-state index in [0.29, 0.717) is 18.8 Å². The third kappa shape index (κ3) is 5.81. The molecule has 0 aliphatic rings. The van der Waals surface area contributed by atoms with Crippen molar-refractivity contribution in [3.63, 3.8) is 0 Å². The lowest BCUT2D eigenvalue weighted by molar-refractivity contribution is -0.139. The van der Waals surface area contributed by atoms with E-state index >= 15 is 0 Å². The van der Waals surface area contributed by atoms with Crippen molar-refractivity contribution in [3.05, 3.63) is 59.4 Å². The number of halogens is 1. The van der Waals surface area contributed by atoms with Gasteiger partial charge in [0.2, 0.25) is 0 Å². The summed E-state index contributed by atoms with van der Waals surface area (Å²) in [6, 6.07) is 11.5. The van der Waals surface area contributed by atoms with E-state index in [-0.39, 0.29) is 23.3 Å². The van der Waals surface area contributed by atoms with E-state index in [1.165, 1.54) is 12.7 Å². The summed E-state index contributed by atoms with van der Waals surface area (Å²) in [4.78, 5) is 15.5. The van der Waals surface area contributed by atoms with Crippen LogP contribution in [-0.4, -0.2) is 41.2 Å². The van der Waals surface area contributed by atoms with Crippen molar-refractivity contribution in [1.82, 2.24) is 4.98 Å². The fraction of sp³-hybridized carbons (Fsp3) is 0.400. The maximum absolute atomic E-state index is 11.4. The van der Waals surface area contributed by atoms with Crippen molar-refractivity contribution in [2.24, 2.45) is 0 Å². The zero-order chi connectivity index (χ0) is 18.9. The first-order chi connectivity index (χ1) is 12.6. The van der Waals surface area contributed by atoms with Crippen molar-refractivity contribution >= 4 is 21.9 Å². The molecule has 6 heteroatoms.